The molecule has 1 aliphatic heterocycles. The van der Waals surface area contributed by atoms with E-state index in [-0.39, 0.29) is 19.5 Å². The molecule has 124 valence electrons. The SMILES string of the molecule is CCCCC1OCC(C#N)(C(=O)Oc2ccc(CC)cc2)CO1. The van der Waals surface area contributed by atoms with Gasteiger partial charge >= 0.3 is 5.97 Å². The summed E-state index contributed by atoms with van der Waals surface area (Å²) in [4.78, 5) is 12.4. The Balaban J connectivity index is 1.97. The van der Waals surface area contributed by atoms with Gasteiger partial charge in [-0.15, -0.1) is 0 Å². The summed E-state index contributed by atoms with van der Waals surface area (Å²) in [6.07, 6.45) is 3.37. The average Bonchev–Trinajstić information content (AvgIpc) is 2.61. The van der Waals surface area contributed by atoms with Gasteiger partial charge in [0.25, 0.3) is 0 Å². The van der Waals surface area contributed by atoms with Gasteiger partial charge in [0.1, 0.15) is 5.75 Å². The molecule has 23 heavy (non-hydrogen) atoms. The first-order chi connectivity index (χ1) is 11.1. The number of nitrogens with zero attached hydrogens (tertiary/aromatic N) is 1. The lowest BCUT2D eigenvalue weighted by atomic mass is 9.91. The molecule has 0 amide bonds. The average molecular weight is 317 g/mol. The molecule has 1 saturated heterocycles. The van der Waals surface area contributed by atoms with Gasteiger partial charge in [0, 0.05) is 0 Å². The van der Waals surface area contributed by atoms with E-state index in [9.17, 15) is 10.1 Å². The molecule has 5 nitrogen and oxygen atoms in total. The van der Waals surface area contributed by atoms with Gasteiger partial charge in [0.05, 0.1) is 19.3 Å². The first-order valence-corrected chi connectivity index (χ1v) is 8.09. The van der Waals surface area contributed by atoms with E-state index in [4.69, 9.17) is 14.2 Å². The maximum absolute atomic E-state index is 12.4. The van der Waals surface area contributed by atoms with Crippen molar-refractivity contribution in [2.45, 2.75) is 45.8 Å². The second-order valence-electron chi connectivity index (χ2n) is 5.77. The third-order valence-electron chi connectivity index (χ3n) is 3.97. The highest BCUT2D eigenvalue weighted by molar-refractivity contribution is 5.82. The van der Waals surface area contributed by atoms with Crippen molar-refractivity contribution in [2.75, 3.05) is 13.2 Å². The van der Waals surface area contributed by atoms with Crippen LogP contribution in [0.25, 0.3) is 0 Å². The lowest BCUT2D eigenvalue weighted by Crippen LogP contribution is -2.48. The van der Waals surface area contributed by atoms with Crippen LogP contribution < -0.4 is 4.74 Å². The van der Waals surface area contributed by atoms with E-state index in [0.29, 0.717) is 5.75 Å². The summed E-state index contributed by atoms with van der Waals surface area (Å²) in [5, 5.41) is 9.42. The molecule has 1 aromatic carbocycles. The molecular weight excluding hydrogens is 294 g/mol. The summed E-state index contributed by atoms with van der Waals surface area (Å²) in [7, 11) is 0. The highest BCUT2D eigenvalue weighted by atomic mass is 16.7. The zero-order chi connectivity index (χ0) is 16.7. The van der Waals surface area contributed by atoms with E-state index in [1.165, 1.54) is 0 Å². The quantitative estimate of drug-likeness (QED) is 0.595. The number of benzene rings is 1. The normalized spacial score (nSPS) is 24.0. The Kier molecular flexibility index (Phi) is 6.14. The molecule has 0 saturated carbocycles. The molecule has 2 rings (SSSR count). The first kappa shape index (κ1) is 17.5. The third kappa shape index (κ3) is 4.31. The van der Waals surface area contributed by atoms with Crippen molar-refractivity contribution in [3.63, 3.8) is 0 Å². The van der Waals surface area contributed by atoms with Crippen molar-refractivity contribution in [3.05, 3.63) is 29.8 Å². The summed E-state index contributed by atoms with van der Waals surface area (Å²) < 4.78 is 16.4. The number of nitriles is 1. The van der Waals surface area contributed by atoms with Crippen LogP contribution in [0.1, 0.15) is 38.7 Å². The number of ether oxygens (including phenoxy) is 3. The molecule has 0 spiro atoms. The lowest BCUT2D eigenvalue weighted by molar-refractivity contribution is -0.223. The lowest BCUT2D eigenvalue weighted by Gasteiger charge is -2.33. The van der Waals surface area contributed by atoms with E-state index >= 15 is 0 Å². The van der Waals surface area contributed by atoms with Gasteiger partial charge < -0.3 is 14.2 Å². The number of rotatable bonds is 6. The number of esters is 1. The molecule has 0 aromatic heterocycles. The Hall–Kier alpha value is -1.90. The van der Waals surface area contributed by atoms with Crippen molar-refractivity contribution in [1.82, 2.24) is 0 Å². The van der Waals surface area contributed by atoms with E-state index in [1.54, 1.807) is 12.1 Å². The number of aryl methyl sites for hydroxylation is 1. The highest BCUT2D eigenvalue weighted by Gasteiger charge is 2.46. The summed E-state index contributed by atoms with van der Waals surface area (Å²) in [6.45, 7) is 4.15. The van der Waals surface area contributed by atoms with Crippen LogP contribution in [-0.2, 0) is 20.7 Å². The molecule has 0 atom stereocenters. The van der Waals surface area contributed by atoms with E-state index < -0.39 is 11.4 Å². The van der Waals surface area contributed by atoms with E-state index in [1.807, 2.05) is 18.2 Å². The molecule has 0 bridgehead atoms. The summed E-state index contributed by atoms with van der Waals surface area (Å²) >= 11 is 0. The van der Waals surface area contributed by atoms with Crippen molar-refractivity contribution in [2.24, 2.45) is 5.41 Å². The van der Waals surface area contributed by atoms with Crippen molar-refractivity contribution < 1.29 is 19.0 Å². The Morgan fingerprint density at radius 1 is 1.30 bits per heavy atom. The van der Waals surface area contributed by atoms with Crippen molar-refractivity contribution >= 4 is 5.97 Å². The predicted octanol–water partition coefficient (Wildman–Crippen LogP) is 3.23. The number of carbonyl (C=O) groups excluding carboxylic acids is 1. The number of hydrogen-bond donors (Lipinski definition) is 0. The van der Waals surface area contributed by atoms with Gasteiger partial charge in [-0.3, -0.25) is 0 Å². The van der Waals surface area contributed by atoms with E-state index in [0.717, 1.165) is 31.2 Å². The topological polar surface area (TPSA) is 68.5 Å². The van der Waals surface area contributed by atoms with Crippen LogP contribution in [0.5, 0.6) is 5.75 Å². The van der Waals surface area contributed by atoms with Crippen LogP contribution in [0, 0.1) is 16.7 Å². The molecular formula is C18H23NO4. The van der Waals surface area contributed by atoms with Crippen LogP contribution in [0.15, 0.2) is 24.3 Å². The Bertz CT molecular complexity index is 553. The monoisotopic (exact) mass is 317 g/mol. The molecule has 0 radical (unpaired) electrons. The largest absolute Gasteiger partial charge is 0.425 e. The smallest absolute Gasteiger partial charge is 0.336 e. The molecule has 0 N–H and O–H groups in total. The zero-order valence-corrected chi connectivity index (χ0v) is 13.7. The summed E-state index contributed by atoms with van der Waals surface area (Å²) in [5.41, 5.74) is -0.241. The molecule has 1 aromatic rings. The van der Waals surface area contributed by atoms with Gasteiger partial charge in [-0.25, -0.2) is 4.79 Å². The fraction of sp³-hybridized carbons (Fsp3) is 0.556. The minimum Gasteiger partial charge on any atom is -0.425 e. The Morgan fingerprint density at radius 3 is 2.48 bits per heavy atom. The van der Waals surface area contributed by atoms with Crippen LogP contribution in [0.3, 0.4) is 0 Å². The molecule has 1 heterocycles. The van der Waals surface area contributed by atoms with Crippen LogP contribution >= 0.6 is 0 Å². The maximum atomic E-state index is 12.4. The maximum Gasteiger partial charge on any atom is 0.336 e. The van der Waals surface area contributed by atoms with Gasteiger partial charge in [-0.1, -0.05) is 32.4 Å². The third-order valence-corrected chi connectivity index (χ3v) is 3.97. The molecule has 0 unspecified atom stereocenters. The van der Waals surface area contributed by atoms with Crippen LogP contribution in [0.2, 0.25) is 0 Å². The fourth-order valence-electron chi connectivity index (χ4n) is 2.32. The van der Waals surface area contributed by atoms with Gasteiger partial charge in [-0.05, 0) is 37.0 Å². The number of hydrogen-bond acceptors (Lipinski definition) is 5. The van der Waals surface area contributed by atoms with Crippen LogP contribution in [0.4, 0.5) is 0 Å². The standard InChI is InChI=1S/C18H23NO4/c1-3-5-6-16-21-12-18(11-19,13-22-16)17(20)23-15-9-7-14(4-2)8-10-15/h7-10,16H,3-6,12-13H2,1-2H3. The van der Waals surface area contributed by atoms with Gasteiger partial charge in [0.15, 0.2) is 6.29 Å². The van der Waals surface area contributed by atoms with Crippen LogP contribution in [-0.4, -0.2) is 25.5 Å². The highest BCUT2D eigenvalue weighted by Crippen LogP contribution is 2.28. The molecule has 0 aliphatic carbocycles. The summed E-state index contributed by atoms with van der Waals surface area (Å²) in [6, 6.07) is 9.28. The minimum absolute atomic E-state index is 0.00373. The second-order valence-corrected chi connectivity index (χ2v) is 5.77. The van der Waals surface area contributed by atoms with Crippen molar-refractivity contribution in [1.29, 1.82) is 5.26 Å². The zero-order valence-electron chi connectivity index (χ0n) is 13.7. The number of unbranched alkanes of at least 4 members (excludes halogenated alkanes) is 1. The second kappa shape index (κ2) is 8.09. The van der Waals surface area contributed by atoms with Crippen molar-refractivity contribution in [3.8, 4) is 11.8 Å². The number of carbonyl (C=O) groups is 1. The Morgan fingerprint density at radius 2 is 1.96 bits per heavy atom. The van der Waals surface area contributed by atoms with Gasteiger partial charge in [0.2, 0.25) is 5.41 Å². The first-order valence-electron chi connectivity index (χ1n) is 8.09. The minimum atomic E-state index is -1.40. The summed E-state index contributed by atoms with van der Waals surface area (Å²) in [5.74, 6) is -0.201. The predicted molar refractivity (Wildman–Crippen MR) is 84.7 cm³/mol. The molecule has 1 aliphatic rings. The molecule has 5 heteroatoms. The fourth-order valence-corrected chi connectivity index (χ4v) is 2.32. The van der Waals surface area contributed by atoms with Gasteiger partial charge in [-0.2, -0.15) is 5.26 Å². The Labute approximate surface area is 137 Å². The van der Waals surface area contributed by atoms with E-state index in [2.05, 4.69) is 13.8 Å². The molecule has 1 fully saturated rings.